The summed E-state index contributed by atoms with van der Waals surface area (Å²) in [4.78, 5) is 0. The predicted molar refractivity (Wildman–Crippen MR) is 53.7 cm³/mol. The molecular formula is C10H12F2N2. The van der Waals surface area contributed by atoms with Crippen LogP contribution in [0, 0.1) is 11.6 Å². The maximum Gasteiger partial charge on any atom is 0.135 e. The van der Waals surface area contributed by atoms with Gasteiger partial charge in [-0.2, -0.15) is 0 Å². The maximum atomic E-state index is 13.1. The van der Waals surface area contributed by atoms with Gasteiger partial charge in [-0.25, -0.2) is 8.78 Å². The zero-order valence-electron chi connectivity index (χ0n) is 7.85. The largest absolute Gasteiger partial charge is 0.398 e. The Balaban J connectivity index is 2.96. The van der Waals surface area contributed by atoms with E-state index >= 15 is 0 Å². The molecule has 0 radical (unpaired) electrons. The zero-order valence-corrected chi connectivity index (χ0v) is 7.85. The first kappa shape index (κ1) is 10.7. The Morgan fingerprint density at radius 1 is 1.43 bits per heavy atom. The topological polar surface area (TPSA) is 38.0 Å². The molecular weight excluding hydrogens is 186 g/mol. The van der Waals surface area contributed by atoms with E-state index in [1.165, 1.54) is 6.08 Å². The van der Waals surface area contributed by atoms with Gasteiger partial charge in [-0.1, -0.05) is 12.2 Å². The Bertz CT molecular complexity index is 325. The quantitative estimate of drug-likeness (QED) is 0.726. The van der Waals surface area contributed by atoms with E-state index in [1.54, 1.807) is 13.1 Å². The van der Waals surface area contributed by atoms with Crippen LogP contribution < -0.4 is 11.1 Å². The van der Waals surface area contributed by atoms with E-state index in [0.29, 0.717) is 6.54 Å². The summed E-state index contributed by atoms with van der Waals surface area (Å²) in [5.74, 6) is -1.30. The number of likely N-dealkylation sites (N-methyl/N-ethyl adjacent to an activating group) is 1. The number of nitrogens with one attached hydrogen (secondary N) is 1. The fourth-order valence-corrected chi connectivity index (χ4v) is 1.08. The van der Waals surface area contributed by atoms with Gasteiger partial charge in [-0.3, -0.25) is 0 Å². The molecule has 0 aromatic heterocycles. The van der Waals surface area contributed by atoms with Crippen LogP contribution in [0.1, 0.15) is 5.56 Å². The van der Waals surface area contributed by atoms with Gasteiger partial charge in [0.2, 0.25) is 0 Å². The van der Waals surface area contributed by atoms with Crippen molar-refractivity contribution in [2.24, 2.45) is 0 Å². The molecule has 0 bridgehead atoms. The number of nitrogens with two attached hydrogens (primary N) is 1. The molecule has 1 rings (SSSR count). The van der Waals surface area contributed by atoms with E-state index in [9.17, 15) is 8.78 Å². The minimum atomic E-state index is -0.661. The van der Waals surface area contributed by atoms with Crippen LogP contribution in [-0.4, -0.2) is 13.6 Å². The predicted octanol–water partition coefficient (Wildman–Crippen LogP) is 1.78. The van der Waals surface area contributed by atoms with E-state index in [2.05, 4.69) is 5.32 Å². The van der Waals surface area contributed by atoms with Crippen molar-refractivity contribution in [3.8, 4) is 0 Å². The van der Waals surface area contributed by atoms with Crippen LogP contribution >= 0.6 is 0 Å². The smallest absolute Gasteiger partial charge is 0.135 e. The summed E-state index contributed by atoms with van der Waals surface area (Å²) in [6.45, 7) is 0.607. The SMILES string of the molecule is CNCC=Cc1c(N)cc(F)cc1F. The normalized spacial score (nSPS) is 11.1. The van der Waals surface area contributed by atoms with Gasteiger partial charge in [0.15, 0.2) is 0 Å². The number of benzene rings is 1. The monoisotopic (exact) mass is 198 g/mol. The number of rotatable bonds is 3. The number of hydrogen-bond donors (Lipinski definition) is 2. The van der Waals surface area contributed by atoms with Crippen LogP contribution in [0.5, 0.6) is 0 Å². The summed E-state index contributed by atoms with van der Waals surface area (Å²) < 4.78 is 25.8. The minimum absolute atomic E-state index is 0.106. The molecule has 0 fully saturated rings. The van der Waals surface area contributed by atoms with E-state index in [-0.39, 0.29) is 11.3 Å². The number of anilines is 1. The van der Waals surface area contributed by atoms with E-state index in [1.807, 2.05) is 0 Å². The molecule has 0 saturated heterocycles. The maximum absolute atomic E-state index is 13.1. The van der Waals surface area contributed by atoms with Crippen molar-refractivity contribution in [3.05, 3.63) is 35.4 Å². The molecule has 0 atom stereocenters. The van der Waals surface area contributed by atoms with Gasteiger partial charge in [0.05, 0.1) is 0 Å². The first-order chi connectivity index (χ1) is 6.65. The highest BCUT2D eigenvalue weighted by molar-refractivity contribution is 5.65. The van der Waals surface area contributed by atoms with Crippen molar-refractivity contribution < 1.29 is 8.78 Å². The van der Waals surface area contributed by atoms with Gasteiger partial charge in [0.1, 0.15) is 11.6 Å². The van der Waals surface area contributed by atoms with E-state index < -0.39 is 11.6 Å². The summed E-state index contributed by atoms with van der Waals surface area (Å²) in [7, 11) is 1.77. The third-order valence-electron chi connectivity index (χ3n) is 1.73. The summed E-state index contributed by atoms with van der Waals surface area (Å²) >= 11 is 0. The Hall–Kier alpha value is -1.42. The third-order valence-corrected chi connectivity index (χ3v) is 1.73. The van der Waals surface area contributed by atoms with Crippen molar-refractivity contribution in [1.29, 1.82) is 0 Å². The lowest BCUT2D eigenvalue weighted by molar-refractivity contribution is 0.583. The van der Waals surface area contributed by atoms with Gasteiger partial charge < -0.3 is 11.1 Å². The molecule has 0 unspecified atom stereocenters. The average Bonchev–Trinajstić information content (AvgIpc) is 2.09. The third kappa shape index (κ3) is 2.53. The molecule has 14 heavy (non-hydrogen) atoms. The molecule has 0 spiro atoms. The molecule has 0 amide bonds. The Labute approximate surface area is 81.4 Å². The highest BCUT2D eigenvalue weighted by Gasteiger charge is 2.05. The van der Waals surface area contributed by atoms with Crippen molar-refractivity contribution in [3.63, 3.8) is 0 Å². The lowest BCUT2D eigenvalue weighted by Gasteiger charge is -2.02. The summed E-state index contributed by atoms with van der Waals surface area (Å²) in [6, 6.07) is 1.91. The molecule has 0 heterocycles. The van der Waals surface area contributed by atoms with Crippen LogP contribution in [0.2, 0.25) is 0 Å². The van der Waals surface area contributed by atoms with Crippen LogP contribution in [0.3, 0.4) is 0 Å². The van der Waals surface area contributed by atoms with Crippen molar-refractivity contribution in [1.82, 2.24) is 5.32 Å². The first-order valence-electron chi connectivity index (χ1n) is 4.21. The number of hydrogen-bond acceptors (Lipinski definition) is 2. The minimum Gasteiger partial charge on any atom is -0.398 e. The van der Waals surface area contributed by atoms with Crippen molar-refractivity contribution in [2.75, 3.05) is 19.3 Å². The molecule has 2 nitrogen and oxygen atoms in total. The Morgan fingerprint density at radius 3 is 2.71 bits per heavy atom. The van der Waals surface area contributed by atoms with Gasteiger partial charge in [-0.15, -0.1) is 0 Å². The van der Waals surface area contributed by atoms with E-state index in [0.717, 1.165) is 12.1 Å². The molecule has 0 saturated carbocycles. The summed E-state index contributed by atoms with van der Waals surface area (Å²) in [5, 5.41) is 2.86. The summed E-state index contributed by atoms with van der Waals surface area (Å²) in [6.07, 6.45) is 3.24. The zero-order chi connectivity index (χ0) is 10.6. The highest BCUT2D eigenvalue weighted by atomic mass is 19.1. The second-order valence-electron chi connectivity index (χ2n) is 2.85. The Morgan fingerprint density at radius 2 is 2.14 bits per heavy atom. The molecule has 0 aliphatic rings. The molecule has 76 valence electrons. The molecule has 3 N–H and O–H groups in total. The van der Waals surface area contributed by atoms with Crippen molar-refractivity contribution in [2.45, 2.75) is 0 Å². The van der Waals surface area contributed by atoms with Crippen LogP contribution in [0.4, 0.5) is 14.5 Å². The lowest BCUT2D eigenvalue weighted by atomic mass is 10.1. The van der Waals surface area contributed by atoms with Crippen LogP contribution in [0.15, 0.2) is 18.2 Å². The fourth-order valence-electron chi connectivity index (χ4n) is 1.08. The molecule has 4 heteroatoms. The number of nitrogen functional groups attached to an aromatic ring is 1. The summed E-state index contributed by atoms with van der Waals surface area (Å²) in [5.41, 5.74) is 5.78. The van der Waals surface area contributed by atoms with Crippen molar-refractivity contribution >= 4 is 11.8 Å². The highest BCUT2D eigenvalue weighted by Crippen LogP contribution is 2.19. The lowest BCUT2D eigenvalue weighted by Crippen LogP contribution is -2.04. The first-order valence-corrected chi connectivity index (χ1v) is 4.21. The van der Waals surface area contributed by atoms with Gasteiger partial charge >= 0.3 is 0 Å². The molecule has 0 aliphatic heterocycles. The molecule has 0 aliphatic carbocycles. The van der Waals surface area contributed by atoms with Gasteiger partial charge in [0, 0.05) is 23.9 Å². The van der Waals surface area contributed by atoms with Gasteiger partial charge in [-0.05, 0) is 13.1 Å². The average molecular weight is 198 g/mol. The van der Waals surface area contributed by atoms with Crippen LogP contribution in [0.25, 0.3) is 6.08 Å². The molecule has 1 aromatic rings. The van der Waals surface area contributed by atoms with Gasteiger partial charge in [0.25, 0.3) is 0 Å². The second kappa shape index (κ2) is 4.72. The Kier molecular flexibility index (Phi) is 3.59. The number of halogens is 2. The standard InChI is InChI=1S/C10H12F2N2/c1-14-4-2-3-8-9(12)5-7(11)6-10(8)13/h2-3,5-6,14H,4,13H2,1H3. The van der Waals surface area contributed by atoms with Crippen LogP contribution in [-0.2, 0) is 0 Å². The fraction of sp³-hybridized carbons (Fsp3) is 0.200. The molecule has 1 aromatic carbocycles. The second-order valence-corrected chi connectivity index (χ2v) is 2.85. The van der Waals surface area contributed by atoms with E-state index in [4.69, 9.17) is 5.73 Å².